The van der Waals surface area contributed by atoms with Crippen LogP contribution in [0.4, 0.5) is 5.69 Å². The molecule has 2 aromatic rings. The largest absolute Gasteiger partial charge is 0.494 e. The third-order valence-corrected chi connectivity index (χ3v) is 7.23. The van der Waals surface area contributed by atoms with E-state index in [0.29, 0.717) is 31.0 Å². The average Bonchev–Trinajstić information content (AvgIpc) is 2.83. The Morgan fingerprint density at radius 2 is 1.81 bits per heavy atom. The normalized spacial score (nSPS) is 12.0. The number of carbonyl (C=O) groups excluding carboxylic acids is 2. The zero-order chi connectivity index (χ0) is 26.7. The molecule has 1 unspecified atom stereocenters. The highest BCUT2D eigenvalue weighted by Gasteiger charge is 2.26. The molecule has 36 heavy (non-hydrogen) atoms. The third-order valence-electron chi connectivity index (χ3n) is 5.55. The highest BCUT2D eigenvalue weighted by atomic mass is 79.9. The minimum absolute atomic E-state index is 0.0997. The lowest BCUT2D eigenvalue weighted by Gasteiger charge is -2.29. The van der Waals surface area contributed by atoms with Gasteiger partial charge in [-0.15, -0.1) is 0 Å². The SMILES string of the molecule is CCCNC(=O)C(C)N(Cc1cccc(Br)c1)C(=O)CCCN(c1ccc(OCC)cc1)S(C)(=O)=O. The maximum atomic E-state index is 13.3. The molecule has 0 saturated heterocycles. The molecular formula is C26H36BrN3O5S. The van der Waals surface area contributed by atoms with Gasteiger partial charge in [0.25, 0.3) is 0 Å². The number of nitrogens with zero attached hydrogens (tertiary/aromatic N) is 2. The maximum absolute atomic E-state index is 13.3. The number of halogens is 1. The Hall–Kier alpha value is -2.59. The fourth-order valence-electron chi connectivity index (χ4n) is 3.69. The van der Waals surface area contributed by atoms with Gasteiger partial charge in [0.1, 0.15) is 11.8 Å². The zero-order valence-corrected chi connectivity index (χ0v) is 23.8. The molecule has 0 heterocycles. The summed E-state index contributed by atoms with van der Waals surface area (Å²) in [6.07, 6.45) is 2.34. The molecule has 0 bridgehead atoms. The number of anilines is 1. The number of ether oxygens (including phenoxy) is 1. The van der Waals surface area contributed by atoms with Crippen LogP contribution >= 0.6 is 15.9 Å². The summed E-state index contributed by atoms with van der Waals surface area (Å²) in [5, 5.41) is 2.85. The van der Waals surface area contributed by atoms with Crippen LogP contribution in [0.25, 0.3) is 0 Å². The Morgan fingerprint density at radius 3 is 2.39 bits per heavy atom. The number of benzene rings is 2. The van der Waals surface area contributed by atoms with Crippen molar-refractivity contribution in [3.63, 3.8) is 0 Å². The lowest BCUT2D eigenvalue weighted by Crippen LogP contribution is -2.47. The van der Waals surface area contributed by atoms with E-state index in [4.69, 9.17) is 4.74 Å². The molecule has 198 valence electrons. The van der Waals surface area contributed by atoms with Crippen molar-refractivity contribution in [1.29, 1.82) is 0 Å². The second-order valence-corrected chi connectivity index (χ2v) is 11.3. The number of hydrogen-bond acceptors (Lipinski definition) is 5. The first-order chi connectivity index (χ1) is 17.1. The second kappa shape index (κ2) is 14.2. The summed E-state index contributed by atoms with van der Waals surface area (Å²) < 4.78 is 32.5. The molecule has 1 atom stereocenters. The molecule has 10 heteroatoms. The lowest BCUT2D eigenvalue weighted by atomic mass is 10.1. The Kier molecular flexibility index (Phi) is 11.7. The van der Waals surface area contributed by atoms with Crippen LogP contribution in [0, 0.1) is 0 Å². The van der Waals surface area contributed by atoms with Crippen LogP contribution in [-0.2, 0) is 26.2 Å². The Balaban J connectivity index is 2.14. The standard InChI is InChI=1S/C26H36BrN3O5S/c1-5-16-28-26(32)20(3)29(19-21-9-7-10-22(27)18-21)25(31)11-8-17-30(36(4,33)34)23-12-14-24(15-13-23)35-6-2/h7,9-10,12-15,18,20H,5-6,8,11,16-17,19H2,1-4H3,(H,28,32). The van der Waals surface area contributed by atoms with Gasteiger partial charge in [-0.2, -0.15) is 0 Å². The molecule has 0 aliphatic rings. The molecule has 8 nitrogen and oxygen atoms in total. The van der Waals surface area contributed by atoms with Crippen LogP contribution < -0.4 is 14.4 Å². The van der Waals surface area contributed by atoms with Gasteiger partial charge in [-0.1, -0.05) is 35.0 Å². The summed E-state index contributed by atoms with van der Waals surface area (Å²) in [7, 11) is -3.56. The number of carbonyl (C=O) groups is 2. The van der Waals surface area contributed by atoms with Gasteiger partial charge < -0.3 is 15.0 Å². The van der Waals surface area contributed by atoms with Crippen molar-refractivity contribution in [2.24, 2.45) is 0 Å². The summed E-state index contributed by atoms with van der Waals surface area (Å²) in [6.45, 7) is 7.02. The quantitative estimate of drug-likeness (QED) is 0.358. The molecular weight excluding hydrogens is 546 g/mol. The third kappa shape index (κ3) is 9.13. The highest BCUT2D eigenvalue weighted by molar-refractivity contribution is 9.10. The molecule has 0 aliphatic heterocycles. The van der Waals surface area contributed by atoms with Crippen LogP contribution in [0.2, 0.25) is 0 Å². The predicted octanol–water partition coefficient (Wildman–Crippen LogP) is 4.34. The summed E-state index contributed by atoms with van der Waals surface area (Å²) in [6, 6.07) is 13.7. The number of hydrogen-bond donors (Lipinski definition) is 1. The molecule has 0 aromatic heterocycles. The molecule has 1 N–H and O–H groups in total. The predicted molar refractivity (Wildman–Crippen MR) is 146 cm³/mol. The van der Waals surface area contributed by atoms with Crippen molar-refractivity contribution in [3.05, 3.63) is 58.6 Å². The first-order valence-electron chi connectivity index (χ1n) is 12.1. The van der Waals surface area contributed by atoms with Crippen molar-refractivity contribution in [1.82, 2.24) is 10.2 Å². The Bertz CT molecular complexity index is 1110. The van der Waals surface area contributed by atoms with E-state index >= 15 is 0 Å². The van der Waals surface area contributed by atoms with Crippen molar-refractivity contribution < 1.29 is 22.7 Å². The van der Waals surface area contributed by atoms with Crippen LogP contribution in [0.3, 0.4) is 0 Å². The fourth-order valence-corrected chi connectivity index (χ4v) is 5.10. The van der Waals surface area contributed by atoms with Gasteiger partial charge in [0.2, 0.25) is 21.8 Å². The fraction of sp³-hybridized carbons (Fsp3) is 0.462. The van der Waals surface area contributed by atoms with Crippen molar-refractivity contribution in [2.75, 3.05) is 30.3 Å². The van der Waals surface area contributed by atoms with E-state index in [0.717, 1.165) is 22.7 Å². The van der Waals surface area contributed by atoms with E-state index in [9.17, 15) is 18.0 Å². The molecule has 0 radical (unpaired) electrons. The maximum Gasteiger partial charge on any atom is 0.242 e. The van der Waals surface area contributed by atoms with Crippen LogP contribution in [0.15, 0.2) is 53.0 Å². The van der Waals surface area contributed by atoms with Gasteiger partial charge in [-0.3, -0.25) is 13.9 Å². The van der Waals surface area contributed by atoms with Crippen molar-refractivity contribution in [3.8, 4) is 5.75 Å². The molecule has 0 fully saturated rings. The molecule has 0 saturated carbocycles. The number of sulfonamides is 1. The smallest absolute Gasteiger partial charge is 0.242 e. The van der Waals surface area contributed by atoms with Crippen molar-refractivity contribution >= 4 is 43.5 Å². The van der Waals surface area contributed by atoms with Gasteiger partial charge in [-0.25, -0.2) is 8.42 Å². The molecule has 2 rings (SSSR count). The first-order valence-corrected chi connectivity index (χ1v) is 14.7. The van der Waals surface area contributed by atoms with Crippen LogP contribution in [0.5, 0.6) is 5.75 Å². The molecule has 2 aromatic carbocycles. The number of rotatable bonds is 14. The van der Waals surface area contributed by atoms with E-state index in [1.165, 1.54) is 4.31 Å². The van der Waals surface area contributed by atoms with Crippen LogP contribution in [0.1, 0.15) is 45.6 Å². The van der Waals surface area contributed by atoms with Gasteiger partial charge in [-0.05, 0) is 68.7 Å². The van der Waals surface area contributed by atoms with Gasteiger partial charge in [0, 0.05) is 30.5 Å². The summed E-state index contributed by atoms with van der Waals surface area (Å²) in [4.78, 5) is 27.5. The lowest BCUT2D eigenvalue weighted by molar-refractivity contribution is -0.140. The van der Waals surface area contributed by atoms with Gasteiger partial charge >= 0.3 is 0 Å². The molecule has 0 aliphatic carbocycles. The van der Waals surface area contributed by atoms with E-state index in [1.54, 1.807) is 36.1 Å². The topological polar surface area (TPSA) is 96.0 Å². The minimum Gasteiger partial charge on any atom is -0.494 e. The minimum atomic E-state index is -3.56. The number of amides is 2. The Labute approximate surface area is 223 Å². The number of nitrogens with one attached hydrogen (secondary N) is 1. The first kappa shape index (κ1) is 29.6. The van der Waals surface area contributed by atoms with E-state index < -0.39 is 16.1 Å². The molecule has 0 spiro atoms. The Morgan fingerprint density at radius 1 is 1.11 bits per heavy atom. The monoisotopic (exact) mass is 581 g/mol. The van der Waals surface area contributed by atoms with Crippen molar-refractivity contribution in [2.45, 2.75) is 52.6 Å². The average molecular weight is 583 g/mol. The second-order valence-electron chi connectivity index (χ2n) is 8.48. The van der Waals surface area contributed by atoms with Gasteiger partial charge in [0.15, 0.2) is 0 Å². The van der Waals surface area contributed by atoms with Gasteiger partial charge in [0.05, 0.1) is 18.6 Å². The summed E-state index contributed by atoms with van der Waals surface area (Å²) in [5.41, 5.74) is 1.40. The van der Waals surface area contributed by atoms with E-state index in [-0.39, 0.29) is 31.3 Å². The molecule has 2 amide bonds. The zero-order valence-electron chi connectivity index (χ0n) is 21.4. The highest BCUT2D eigenvalue weighted by Crippen LogP contribution is 2.23. The van der Waals surface area contributed by atoms with E-state index in [1.807, 2.05) is 38.1 Å². The summed E-state index contributed by atoms with van der Waals surface area (Å²) in [5.74, 6) is 0.227. The summed E-state index contributed by atoms with van der Waals surface area (Å²) >= 11 is 3.45. The van der Waals surface area contributed by atoms with E-state index in [2.05, 4.69) is 21.2 Å². The van der Waals surface area contributed by atoms with Crippen LogP contribution in [-0.4, -0.2) is 57.1 Å².